The molecule has 0 heterocycles. The first-order valence-electron chi connectivity index (χ1n) is 15.1. The lowest BCUT2D eigenvalue weighted by Crippen LogP contribution is -2.07. The molecule has 0 saturated carbocycles. The fraction of sp³-hybridized carbons (Fsp3) is 0.316. The molecule has 0 aliphatic heterocycles. The van der Waals surface area contributed by atoms with Crippen LogP contribution in [0.4, 0.5) is 0 Å². The SMILES string of the molecule is CC(C)P(N=C(c1ccccc1)c1ccccc1)C(C)C.CC(C)P(N=C(c1ccccc1)c1ccccc1)C(C)C. The Balaban J connectivity index is 0.000000230. The van der Waals surface area contributed by atoms with Crippen LogP contribution in [-0.4, -0.2) is 34.1 Å². The van der Waals surface area contributed by atoms with Crippen LogP contribution in [0.3, 0.4) is 0 Å². The monoisotopic (exact) mass is 594 g/mol. The van der Waals surface area contributed by atoms with Gasteiger partial charge < -0.3 is 0 Å². The van der Waals surface area contributed by atoms with E-state index in [-0.39, 0.29) is 16.1 Å². The predicted molar refractivity (Wildman–Crippen MR) is 191 cm³/mol. The lowest BCUT2D eigenvalue weighted by molar-refractivity contribution is 1.01. The van der Waals surface area contributed by atoms with Crippen molar-refractivity contribution >= 4 is 27.6 Å². The van der Waals surface area contributed by atoms with Crippen molar-refractivity contribution in [2.24, 2.45) is 9.53 Å². The maximum atomic E-state index is 5.20. The van der Waals surface area contributed by atoms with Gasteiger partial charge in [0, 0.05) is 38.4 Å². The molecule has 4 aromatic rings. The van der Waals surface area contributed by atoms with Crippen molar-refractivity contribution in [3.63, 3.8) is 0 Å². The molecule has 42 heavy (non-hydrogen) atoms. The van der Waals surface area contributed by atoms with Crippen LogP contribution in [0.2, 0.25) is 0 Å². The van der Waals surface area contributed by atoms with Gasteiger partial charge in [-0.15, -0.1) is 0 Å². The Morgan fingerprint density at radius 3 is 0.714 bits per heavy atom. The molecule has 2 nitrogen and oxygen atoms in total. The first-order chi connectivity index (χ1) is 20.2. The summed E-state index contributed by atoms with van der Waals surface area (Å²) >= 11 is 0. The molecular formula is C38H48N2P2. The number of nitrogens with zero attached hydrogens (tertiary/aromatic N) is 2. The van der Waals surface area contributed by atoms with Gasteiger partial charge in [0.1, 0.15) is 0 Å². The van der Waals surface area contributed by atoms with Crippen molar-refractivity contribution in [2.75, 3.05) is 0 Å². The zero-order valence-corrected chi connectivity index (χ0v) is 28.4. The van der Waals surface area contributed by atoms with Crippen molar-refractivity contribution in [1.82, 2.24) is 0 Å². The molecule has 0 spiro atoms. The molecule has 4 aromatic carbocycles. The van der Waals surface area contributed by atoms with Crippen LogP contribution in [0.5, 0.6) is 0 Å². The van der Waals surface area contributed by atoms with Gasteiger partial charge in [0.15, 0.2) is 0 Å². The number of rotatable bonds is 10. The van der Waals surface area contributed by atoms with E-state index in [1.165, 1.54) is 22.3 Å². The highest BCUT2D eigenvalue weighted by Gasteiger charge is 2.19. The summed E-state index contributed by atoms with van der Waals surface area (Å²) in [6, 6.07) is 42.1. The Labute approximate surface area is 258 Å². The van der Waals surface area contributed by atoms with E-state index in [1.54, 1.807) is 0 Å². The smallest absolute Gasteiger partial charge is 0.0763 e. The Hall–Kier alpha value is -2.92. The standard InChI is InChI=1S/2C19H24NP/c2*1-15(2)21(16(3)4)20-19(17-11-7-5-8-12-17)18-13-9-6-10-14-18/h2*5-16H,1-4H3. The molecule has 0 atom stereocenters. The quantitative estimate of drug-likeness (QED) is 0.129. The molecular weight excluding hydrogens is 546 g/mol. The summed E-state index contributed by atoms with van der Waals surface area (Å²) in [5.41, 5.74) is 9.48. The molecule has 0 unspecified atom stereocenters. The molecule has 220 valence electrons. The minimum atomic E-state index is -0.377. The van der Waals surface area contributed by atoms with Gasteiger partial charge in [-0.2, -0.15) is 0 Å². The second-order valence-electron chi connectivity index (χ2n) is 11.5. The highest BCUT2D eigenvalue weighted by molar-refractivity contribution is 7.58. The van der Waals surface area contributed by atoms with Crippen LogP contribution in [0.25, 0.3) is 0 Å². The highest BCUT2D eigenvalue weighted by atomic mass is 31.1. The summed E-state index contributed by atoms with van der Waals surface area (Å²) in [7, 11) is -0.755. The van der Waals surface area contributed by atoms with Crippen molar-refractivity contribution in [1.29, 1.82) is 0 Å². The average Bonchev–Trinajstić information content (AvgIpc) is 2.99. The van der Waals surface area contributed by atoms with E-state index >= 15 is 0 Å². The zero-order chi connectivity index (χ0) is 30.5. The fourth-order valence-electron chi connectivity index (χ4n) is 4.83. The van der Waals surface area contributed by atoms with E-state index in [0.29, 0.717) is 22.6 Å². The third kappa shape index (κ3) is 10.1. The zero-order valence-electron chi connectivity index (χ0n) is 26.6. The minimum absolute atomic E-state index is 0.377. The molecule has 0 aromatic heterocycles. The Morgan fingerprint density at radius 1 is 0.357 bits per heavy atom. The first kappa shape index (κ1) is 33.6. The summed E-state index contributed by atoms with van der Waals surface area (Å²) in [4.78, 5) is 0. The normalized spacial score (nSPS) is 11.2. The van der Waals surface area contributed by atoms with Crippen LogP contribution in [-0.2, 0) is 0 Å². The van der Waals surface area contributed by atoms with E-state index in [2.05, 4.69) is 177 Å². The van der Waals surface area contributed by atoms with Crippen LogP contribution < -0.4 is 0 Å². The van der Waals surface area contributed by atoms with Gasteiger partial charge in [0.25, 0.3) is 0 Å². The van der Waals surface area contributed by atoms with Gasteiger partial charge in [-0.25, -0.2) is 0 Å². The van der Waals surface area contributed by atoms with E-state index in [1.807, 2.05) is 0 Å². The minimum Gasteiger partial charge on any atom is -0.260 e. The third-order valence-corrected chi connectivity index (χ3v) is 11.8. The Morgan fingerprint density at radius 2 is 0.548 bits per heavy atom. The van der Waals surface area contributed by atoms with Crippen LogP contribution in [0.1, 0.15) is 77.6 Å². The predicted octanol–water partition coefficient (Wildman–Crippen LogP) is 11.5. The molecule has 0 N–H and O–H groups in total. The summed E-state index contributed by atoms with van der Waals surface area (Å²) < 4.78 is 10.4. The summed E-state index contributed by atoms with van der Waals surface area (Å²) in [5.74, 6) is 0. The van der Waals surface area contributed by atoms with Gasteiger partial charge in [-0.05, 0) is 22.6 Å². The van der Waals surface area contributed by atoms with E-state index in [0.717, 1.165) is 11.4 Å². The maximum Gasteiger partial charge on any atom is 0.0763 e. The van der Waals surface area contributed by atoms with E-state index in [9.17, 15) is 0 Å². The number of benzene rings is 4. The second kappa shape index (κ2) is 17.3. The van der Waals surface area contributed by atoms with Crippen molar-refractivity contribution in [3.05, 3.63) is 144 Å². The van der Waals surface area contributed by atoms with Crippen LogP contribution >= 0.6 is 16.1 Å². The van der Waals surface area contributed by atoms with Gasteiger partial charge in [-0.3, -0.25) is 9.53 Å². The Kier molecular flexibility index (Phi) is 13.8. The van der Waals surface area contributed by atoms with Crippen molar-refractivity contribution in [2.45, 2.75) is 78.0 Å². The molecule has 0 aliphatic rings. The molecule has 0 aliphatic carbocycles. The molecule has 0 bridgehead atoms. The number of hydrogen-bond acceptors (Lipinski definition) is 2. The lowest BCUT2D eigenvalue weighted by atomic mass is 10.0. The highest BCUT2D eigenvalue weighted by Crippen LogP contribution is 2.49. The molecule has 4 heteroatoms. The van der Waals surface area contributed by atoms with Gasteiger partial charge >= 0.3 is 0 Å². The van der Waals surface area contributed by atoms with Crippen molar-refractivity contribution in [3.8, 4) is 0 Å². The first-order valence-corrected chi connectivity index (χ1v) is 18.0. The van der Waals surface area contributed by atoms with Crippen molar-refractivity contribution < 1.29 is 0 Å². The largest absolute Gasteiger partial charge is 0.260 e. The Bertz CT molecular complexity index is 1160. The summed E-state index contributed by atoms with van der Waals surface area (Å²) in [6.07, 6.45) is 0. The summed E-state index contributed by atoms with van der Waals surface area (Å²) in [5, 5.41) is 0. The fourth-order valence-corrected chi connectivity index (χ4v) is 9.07. The number of hydrogen-bond donors (Lipinski definition) is 0. The summed E-state index contributed by atoms with van der Waals surface area (Å²) in [6.45, 7) is 18.2. The maximum absolute atomic E-state index is 5.20. The van der Waals surface area contributed by atoms with Gasteiger partial charge in [-0.1, -0.05) is 177 Å². The molecule has 4 rings (SSSR count). The van der Waals surface area contributed by atoms with Gasteiger partial charge in [0.2, 0.25) is 0 Å². The van der Waals surface area contributed by atoms with Gasteiger partial charge in [0.05, 0.1) is 11.4 Å². The lowest BCUT2D eigenvalue weighted by Gasteiger charge is -2.22. The average molecular weight is 595 g/mol. The van der Waals surface area contributed by atoms with Crippen LogP contribution in [0, 0.1) is 0 Å². The van der Waals surface area contributed by atoms with E-state index < -0.39 is 0 Å². The topological polar surface area (TPSA) is 24.7 Å². The molecule has 0 fully saturated rings. The molecule has 0 amide bonds. The molecule has 0 saturated heterocycles. The third-order valence-electron chi connectivity index (χ3n) is 6.74. The van der Waals surface area contributed by atoms with Crippen LogP contribution in [0.15, 0.2) is 131 Å². The second-order valence-corrected chi connectivity index (χ2v) is 17.5. The van der Waals surface area contributed by atoms with E-state index in [4.69, 9.17) is 9.53 Å². The molecule has 0 radical (unpaired) electrons.